The molecular weight excluding hydrogens is 192 g/mol. The van der Waals surface area contributed by atoms with Crippen LogP contribution in [0.3, 0.4) is 0 Å². The fourth-order valence-corrected chi connectivity index (χ4v) is 1.46. The molecule has 0 radical (unpaired) electrons. The molecule has 0 aliphatic rings. The number of rotatable bonds is 4. The molecule has 86 valence electrons. The standard InChI is InChI=1S/C14H16.C2H6/c1-4-9-13(5-2)12(3)14-10-7-6-8-11-14;1-2/h4-12H,1-2H2,3H3;1-2H3/b13-9+;. The smallest absolute Gasteiger partial charge is 0.00607 e. The van der Waals surface area contributed by atoms with E-state index in [2.05, 4.69) is 44.3 Å². The monoisotopic (exact) mass is 214 g/mol. The fourth-order valence-electron chi connectivity index (χ4n) is 1.46. The van der Waals surface area contributed by atoms with Gasteiger partial charge in [0, 0.05) is 5.92 Å². The van der Waals surface area contributed by atoms with Crippen LogP contribution in [0.15, 0.2) is 67.3 Å². The van der Waals surface area contributed by atoms with Gasteiger partial charge in [-0.25, -0.2) is 0 Å². The molecule has 0 bridgehead atoms. The molecule has 0 fully saturated rings. The van der Waals surface area contributed by atoms with Crippen LogP contribution in [0.4, 0.5) is 0 Å². The van der Waals surface area contributed by atoms with E-state index >= 15 is 0 Å². The summed E-state index contributed by atoms with van der Waals surface area (Å²) < 4.78 is 0. The summed E-state index contributed by atoms with van der Waals surface area (Å²) >= 11 is 0. The molecule has 0 spiro atoms. The van der Waals surface area contributed by atoms with E-state index in [0.717, 1.165) is 0 Å². The highest BCUT2D eigenvalue weighted by Gasteiger charge is 2.06. The Hall–Kier alpha value is -1.56. The van der Waals surface area contributed by atoms with Gasteiger partial charge in [0.2, 0.25) is 0 Å². The summed E-state index contributed by atoms with van der Waals surface area (Å²) in [7, 11) is 0. The predicted molar refractivity (Wildman–Crippen MR) is 74.7 cm³/mol. The number of allylic oxidation sites excluding steroid dienone is 4. The minimum absolute atomic E-state index is 0.381. The van der Waals surface area contributed by atoms with Crippen molar-refractivity contribution in [3.8, 4) is 0 Å². The topological polar surface area (TPSA) is 0 Å². The van der Waals surface area contributed by atoms with Crippen LogP contribution >= 0.6 is 0 Å². The van der Waals surface area contributed by atoms with Gasteiger partial charge >= 0.3 is 0 Å². The van der Waals surface area contributed by atoms with E-state index in [1.54, 1.807) is 6.08 Å². The van der Waals surface area contributed by atoms with E-state index in [1.165, 1.54) is 11.1 Å². The molecule has 1 aromatic carbocycles. The highest BCUT2D eigenvalue weighted by molar-refractivity contribution is 5.34. The first kappa shape index (κ1) is 14.4. The van der Waals surface area contributed by atoms with Crippen LogP contribution in [0, 0.1) is 0 Å². The number of hydrogen-bond donors (Lipinski definition) is 0. The van der Waals surface area contributed by atoms with Gasteiger partial charge in [-0.1, -0.05) is 82.5 Å². The zero-order valence-corrected chi connectivity index (χ0v) is 10.6. The third-order valence-corrected chi connectivity index (χ3v) is 2.35. The molecule has 0 aromatic heterocycles. The highest BCUT2D eigenvalue weighted by Crippen LogP contribution is 2.23. The molecular formula is C16H22. The van der Waals surface area contributed by atoms with Crippen LogP contribution in [0.1, 0.15) is 32.3 Å². The van der Waals surface area contributed by atoms with Gasteiger partial charge < -0.3 is 0 Å². The average molecular weight is 214 g/mol. The maximum Gasteiger partial charge on any atom is 0.00607 e. The Morgan fingerprint density at radius 2 is 1.69 bits per heavy atom. The van der Waals surface area contributed by atoms with Gasteiger partial charge in [0.1, 0.15) is 0 Å². The van der Waals surface area contributed by atoms with Gasteiger partial charge in [-0.3, -0.25) is 0 Å². The fraction of sp³-hybridized carbons (Fsp3) is 0.250. The maximum atomic E-state index is 3.81. The lowest BCUT2D eigenvalue weighted by molar-refractivity contribution is 0.922. The minimum Gasteiger partial charge on any atom is -0.0991 e. The van der Waals surface area contributed by atoms with Gasteiger partial charge in [-0.15, -0.1) is 0 Å². The Balaban J connectivity index is 0.00000106. The van der Waals surface area contributed by atoms with Crippen molar-refractivity contribution in [3.63, 3.8) is 0 Å². The summed E-state index contributed by atoms with van der Waals surface area (Å²) in [6.45, 7) is 13.7. The average Bonchev–Trinajstić information content (AvgIpc) is 2.38. The van der Waals surface area contributed by atoms with Crippen molar-refractivity contribution < 1.29 is 0 Å². The lowest BCUT2D eigenvalue weighted by Gasteiger charge is -2.12. The lowest BCUT2D eigenvalue weighted by atomic mass is 9.93. The minimum atomic E-state index is 0.381. The molecule has 1 aromatic rings. The Morgan fingerprint density at radius 1 is 1.12 bits per heavy atom. The van der Waals surface area contributed by atoms with Crippen molar-refractivity contribution in [1.29, 1.82) is 0 Å². The molecule has 0 aliphatic heterocycles. The van der Waals surface area contributed by atoms with Crippen molar-refractivity contribution in [2.24, 2.45) is 0 Å². The van der Waals surface area contributed by atoms with Crippen molar-refractivity contribution >= 4 is 0 Å². The summed E-state index contributed by atoms with van der Waals surface area (Å²) in [4.78, 5) is 0. The molecule has 0 heteroatoms. The third-order valence-electron chi connectivity index (χ3n) is 2.35. The van der Waals surface area contributed by atoms with Crippen LogP contribution in [0.2, 0.25) is 0 Å². The summed E-state index contributed by atoms with van der Waals surface area (Å²) in [5.41, 5.74) is 2.51. The zero-order valence-electron chi connectivity index (χ0n) is 10.6. The van der Waals surface area contributed by atoms with Crippen molar-refractivity contribution in [2.45, 2.75) is 26.7 Å². The van der Waals surface area contributed by atoms with Crippen molar-refractivity contribution in [2.75, 3.05) is 0 Å². The van der Waals surface area contributed by atoms with E-state index in [9.17, 15) is 0 Å². The first-order valence-corrected chi connectivity index (χ1v) is 5.79. The number of benzene rings is 1. The van der Waals surface area contributed by atoms with Gasteiger partial charge in [0.15, 0.2) is 0 Å². The van der Waals surface area contributed by atoms with Crippen LogP contribution in [-0.2, 0) is 0 Å². The summed E-state index contributed by atoms with van der Waals surface area (Å²) in [6.07, 6.45) is 5.69. The van der Waals surface area contributed by atoms with Crippen LogP contribution in [0.5, 0.6) is 0 Å². The molecule has 0 nitrogen and oxygen atoms in total. The third kappa shape index (κ3) is 4.31. The second-order valence-corrected chi connectivity index (χ2v) is 3.24. The van der Waals surface area contributed by atoms with Gasteiger partial charge in [-0.2, -0.15) is 0 Å². The molecule has 0 aliphatic carbocycles. The molecule has 0 heterocycles. The van der Waals surface area contributed by atoms with Gasteiger partial charge in [0.05, 0.1) is 0 Å². The second-order valence-electron chi connectivity index (χ2n) is 3.24. The lowest BCUT2D eigenvalue weighted by Crippen LogP contribution is -1.95. The maximum absolute atomic E-state index is 3.81. The van der Waals surface area contributed by atoms with Gasteiger partial charge in [-0.05, 0) is 11.1 Å². The summed E-state index contributed by atoms with van der Waals surface area (Å²) in [5.74, 6) is 0.381. The molecule has 0 amide bonds. The molecule has 1 atom stereocenters. The highest BCUT2D eigenvalue weighted by atomic mass is 14.1. The SMILES string of the molecule is C=C/C=C(\C=C)C(C)c1ccccc1.CC. The Morgan fingerprint density at radius 3 is 2.12 bits per heavy atom. The molecule has 1 rings (SSSR count). The van der Waals surface area contributed by atoms with Gasteiger partial charge in [0.25, 0.3) is 0 Å². The molecule has 0 saturated carbocycles. The molecule has 0 saturated heterocycles. The number of hydrogen-bond acceptors (Lipinski definition) is 0. The zero-order chi connectivity index (χ0) is 12.4. The quantitative estimate of drug-likeness (QED) is 0.611. The van der Waals surface area contributed by atoms with Crippen molar-refractivity contribution in [3.05, 3.63) is 72.9 Å². The largest absolute Gasteiger partial charge is 0.0991 e. The first-order valence-electron chi connectivity index (χ1n) is 5.79. The predicted octanol–water partition coefficient (Wildman–Crippen LogP) is 5.11. The Kier molecular flexibility index (Phi) is 7.87. The van der Waals surface area contributed by atoms with E-state index in [1.807, 2.05) is 32.1 Å². The van der Waals surface area contributed by atoms with E-state index in [0.29, 0.717) is 5.92 Å². The molecule has 0 N–H and O–H groups in total. The first-order chi connectivity index (χ1) is 7.79. The van der Waals surface area contributed by atoms with E-state index < -0.39 is 0 Å². The van der Waals surface area contributed by atoms with Crippen LogP contribution in [-0.4, -0.2) is 0 Å². The van der Waals surface area contributed by atoms with E-state index in [-0.39, 0.29) is 0 Å². The summed E-state index contributed by atoms with van der Waals surface area (Å²) in [6, 6.07) is 10.4. The normalized spacial score (nSPS) is 12.1. The Labute approximate surface area is 100 Å². The summed E-state index contributed by atoms with van der Waals surface area (Å²) in [5, 5.41) is 0. The molecule has 16 heavy (non-hydrogen) atoms. The van der Waals surface area contributed by atoms with Crippen LogP contribution < -0.4 is 0 Å². The van der Waals surface area contributed by atoms with E-state index in [4.69, 9.17) is 0 Å². The second kappa shape index (κ2) is 8.72. The van der Waals surface area contributed by atoms with Crippen molar-refractivity contribution in [1.82, 2.24) is 0 Å². The van der Waals surface area contributed by atoms with Crippen LogP contribution in [0.25, 0.3) is 0 Å². The Bertz CT molecular complexity index is 330. The molecule has 1 unspecified atom stereocenters.